The van der Waals surface area contributed by atoms with Crippen LogP contribution in [0.25, 0.3) is 99.5 Å². The fourth-order valence-corrected chi connectivity index (χ4v) is 9.37. The lowest BCUT2D eigenvalue weighted by Crippen LogP contribution is -2.11. The van der Waals surface area contributed by atoms with Crippen molar-refractivity contribution < 1.29 is 0 Å². The highest BCUT2D eigenvalue weighted by molar-refractivity contribution is 6.12. The van der Waals surface area contributed by atoms with Crippen molar-refractivity contribution >= 4 is 50.3 Å². The van der Waals surface area contributed by atoms with Gasteiger partial charge in [-0.15, -0.1) is 0 Å². The summed E-state index contributed by atoms with van der Waals surface area (Å²) < 4.78 is 4.62. The van der Waals surface area contributed by atoms with Crippen LogP contribution in [-0.2, 0) is 0 Å². The second-order valence-corrected chi connectivity index (χ2v) is 16.5. The predicted octanol–water partition coefficient (Wildman–Crippen LogP) is 17.2. The van der Waals surface area contributed by atoms with E-state index in [2.05, 4.69) is 211 Å². The summed E-state index contributed by atoms with van der Waals surface area (Å²) in [4.78, 5) is 14.3. The first kappa shape index (κ1) is 45.3. The van der Waals surface area contributed by atoms with Gasteiger partial charge < -0.3 is 14.5 Å². The predicted molar refractivity (Wildman–Crippen MR) is 296 cm³/mol. The molecule has 0 unspecified atom stereocenters. The van der Waals surface area contributed by atoms with Gasteiger partial charge in [-0.05, 0) is 113 Å². The summed E-state index contributed by atoms with van der Waals surface area (Å²) in [7, 11) is 0. The molecular formula is C65H53N3O. The number of para-hydroxylation sites is 3. The van der Waals surface area contributed by atoms with Crippen LogP contribution in [0.3, 0.4) is 0 Å². The van der Waals surface area contributed by atoms with E-state index in [1.807, 2.05) is 74.5 Å². The zero-order valence-corrected chi connectivity index (χ0v) is 39.2. The van der Waals surface area contributed by atoms with E-state index in [9.17, 15) is 4.79 Å². The van der Waals surface area contributed by atoms with Crippen LogP contribution in [0.15, 0.2) is 254 Å². The van der Waals surface area contributed by atoms with E-state index < -0.39 is 0 Å². The third kappa shape index (κ3) is 8.92. The number of nitrogens with zero attached hydrogens (tertiary/aromatic N) is 2. The highest BCUT2D eigenvalue weighted by atomic mass is 16.1. The molecule has 69 heavy (non-hydrogen) atoms. The van der Waals surface area contributed by atoms with Crippen LogP contribution in [0.2, 0.25) is 0 Å². The summed E-state index contributed by atoms with van der Waals surface area (Å²) in [5.74, 6) is 0. The molecule has 0 aliphatic heterocycles. The molecule has 0 spiro atoms. The van der Waals surface area contributed by atoms with Crippen LogP contribution >= 0.6 is 0 Å². The Hall–Kier alpha value is -8.86. The van der Waals surface area contributed by atoms with Crippen LogP contribution in [0.1, 0.15) is 19.4 Å². The monoisotopic (exact) mass is 891 g/mol. The molecule has 1 N–H and O–H groups in total. The molecule has 12 rings (SSSR count). The van der Waals surface area contributed by atoms with Crippen molar-refractivity contribution in [3.63, 3.8) is 0 Å². The third-order valence-electron chi connectivity index (χ3n) is 12.5. The van der Waals surface area contributed by atoms with Gasteiger partial charge in [0.2, 0.25) is 0 Å². The molecule has 12 aromatic rings. The minimum absolute atomic E-state index is 0.0417. The van der Waals surface area contributed by atoms with Crippen LogP contribution in [0, 0.1) is 12.3 Å². The molecule has 4 heteroatoms. The number of fused-ring (bicyclic) bond motifs is 5. The van der Waals surface area contributed by atoms with Crippen LogP contribution < -0.4 is 5.43 Å². The molecule has 0 aliphatic carbocycles. The van der Waals surface area contributed by atoms with Gasteiger partial charge in [0, 0.05) is 27.4 Å². The molecule has 0 bridgehead atoms. The topological polar surface area (TPSA) is 50.8 Å². The van der Waals surface area contributed by atoms with Gasteiger partial charge in [0.25, 0.3) is 0 Å². The van der Waals surface area contributed by atoms with E-state index in [0.29, 0.717) is 10.8 Å². The molecule has 334 valence electrons. The van der Waals surface area contributed by atoms with E-state index in [4.69, 9.17) is 5.41 Å². The number of aryl methyl sites for hydroxylation is 1. The van der Waals surface area contributed by atoms with Crippen molar-refractivity contribution in [1.82, 2.24) is 9.13 Å². The zero-order chi connectivity index (χ0) is 47.7. The fourth-order valence-electron chi connectivity index (χ4n) is 9.37. The lowest BCUT2D eigenvalue weighted by Gasteiger charge is -2.17. The number of hydrogen-bond acceptors (Lipinski definition) is 2. The largest absolute Gasteiger partial charge is 0.317 e. The summed E-state index contributed by atoms with van der Waals surface area (Å²) in [6.07, 6.45) is 0. The fraction of sp³-hybridized carbons (Fsp3) is 0.0462. The van der Waals surface area contributed by atoms with Crippen LogP contribution in [0.5, 0.6) is 0 Å². The van der Waals surface area contributed by atoms with Gasteiger partial charge in [0.15, 0.2) is 5.43 Å². The van der Waals surface area contributed by atoms with E-state index in [0.717, 1.165) is 55.7 Å². The molecule has 0 saturated carbocycles. The Bertz CT molecular complexity index is 3630. The van der Waals surface area contributed by atoms with Crippen molar-refractivity contribution in [2.75, 3.05) is 0 Å². The summed E-state index contributed by atoms with van der Waals surface area (Å²) in [5.41, 5.74) is 16.5. The van der Waals surface area contributed by atoms with Crippen LogP contribution in [0.4, 0.5) is 0 Å². The molecule has 0 saturated heterocycles. The summed E-state index contributed by atoms with van der Waals surface area (Å²) in [6, 6.07) is 86.9. The number of rotatable bonds is 6. The van der Waals surface area contributed by atoms with Crippen molar-refractivity contribution in [3.05, 3.63) is 265 Å². The van der Waals surface area contributed by atoms with Gasteiger partial charge in [0.1, 0.15) is 0 Å². The lowest BCUT2D eigenvalue weighted by molar-refractivity contribution is 1.16. The number of aromatic nitrogens is 2. The summed E-state index contributed by atoms with van der Waals surface area (Å²) in [6.45, 7) is 8.58. The number of nitrogens with one attached hydrogen (secondary N) is 1. The molecule has 0 aliphatic rings. The minimum Gasteiger partial charge on any atom is -0.317 e. The Labute approximate surface area is 404 Å². The normalized spacial score (nSPS) is 10.7. The molecule has 4 nitrogen and oxygen atoms in total. The maximum absolute atomic E-state index is 14.3. The highest BCUT2D eigenvalue weighted by Crippen LogP contribution is 2.40. The van der Waals surface area contributed by atoms with Gasteiger partial charge in [-0.25, -0.2) is 0 Å². The van der Waals surface area contributed by atoms with Crippen molar-refractivity contribution in [1.29, 1.82) is 5.41 Å². The van der Waals surface area contributed by atoms with Crippen molar-refractivity contribution in [3.8, 4) is 55.9 Å². The molecule has 10 aromatic carbocycles. The first-order valence-electron chi connectivity index (χ1n) is 23.5. The molecule has 0 fully saturated rings. The van der Waals surface area contributed by atoms with Gasteiger partial charge in [-0.3, -0.25) is 4.79 Å². The SMILES string of the molecule is C=N.CC.Cc1ccccc1.O=c1c2ccccc2n(-c2ccccc2)c2cccc(-c3ccc(-c4ccccc4-n4c5ccc(-c6ccccc6)cc5c5cc(-c6ccccc6)ccc54)cc3)c12. The molecule has 2 heterocycles. The molecule has 2 aromatic heterocycles. The standard InChI is InChI=1S/C55H36N2O.C7H8.C2H6.CH3N/c58-55-46-22-11-13-25-50(46)56(43-19-8-3-9-20-43)53-26-14-23-45(54(53)55)40-29-27-39(28-30-40)44-21-10-12-24-49(44)57-51-33-31-41(37-15-4-1-5-16-37)35-47(51)48-36-42(32-34-52(48)57)38-17-6-2-7-18-38;1-7-5-3-2-4-6-7;2*1-2/h1-36H;2-6H,1H3;1-2H3;2H,1H2. The van der Waals surface area contributed by atoms with E-state index in [-0.39, 0.29) is 5.43 Å². The first-order valence-corrected chi connectivity index (χ1v) is 23.5. The Morgan fingerprint density at radius 3 is 1.32 bits per heavy atom. The Kier molecular flexibility index (Phi) is 13.6. The third-order valence-corrected chi connectivity index (χ3v) is 12.5. The smallest absolute Gasteiger partial charge is 0.197 e. The Morgan fingerprint density at radius 1 is 0.348 bits per heavy atom. The van der Waals surface area contributed by atoms with Gasteiger partial charge in [-0.1, -0.05) is 207 Å². The quantitative estimate of drug-likeness (QED) is 0.131. The van der Waals surface area contributed by atoms with Gasteiger partial charge in [-0.2, -0.15) is 0 Å². The second kappa shape index (κ2) is 20.8. The van der Waals surface area contributed by atoms with E-state index in [1.165, 1.54) is 38.6 Å². The van der Waals surface area contributed by atoms with Gasteiger partial charge in [0.05, 0.1) is 33.1 Å². The number of pyridine rings is 1. The molecule has 0 amide bonds. The molecular weight excluding hydrogens is 839 g/mol. The summed E-state index contributed by atoms with van der Waals surface area (Å²) >= 11 is 0. The van der Waals surface area contributed by atoms with Gasteiger partial charge >= 0.3 is 0 Å². The highest BCUT2D eigenvalue weighted by Gasteiger charge is 2.19. The summed E-state index contributed by atoms with van der Waals surface area (Å²) in [5, 5.41) is 9.34. The average molecular weight is 892 g/mol. The Balaban J connectivity index is 0.000000487. The second-order valence-electron chi connectivity index (χ2n) is 16.5. The van der Waals surface area contributed by atoms with E-state index >= 15 is 0 Å². The van der Waals surface area contributed by atoms with E-state index in [1.54, 1.807) is 0 Å². The average Bonchev–Trinajstić information content (AvgIpc) is 3.76. The minimum atomic E-state index is 0.0417. The molecule has 0 atom stereocenters. The number of benzene rings is 10. The first-order chi connectivity index (χ1) is 34.1. The molecule has 0 radical (unpaired) electrons. The maximum atomic E-state index is 14.3. The van der Waals surface area contributed by atoms with Crippen molar-refractivity contribution in [2.45, 2.75) is 20.8 Å². The van der Waals surface area contributed by atoms with Crippen molar-refractivity contribution in [2.24, 2.45) is 0 Å². The lowest BCUT2D eigenvalue weighted by atomic mass is 9.95. The maximum Gasteiger partial charge on any atom is 0.197 e. The Morgan fingerprint density at radius 2 is 0.768 bits per heavy atom. The zero-order valence-electron chi connectivity index (χ0n) is 39.2. The van der Waals surface area contributed by atoms with Crippen LogP contribution in [-0.4, -0.2) is 15.9 Å². The number of hydrogen-bond donors (Lipinski definition) is 1.